The Hall–Kier alpha value is -2.44. The summed E-state index contributed by atoms with van der Waals surface area (Å²) in [5.74, 6) is 0.637. The molecule has 0 unspecified atom stereocenters. The van der Waals surface area contributed by atoms with Crippen molar-refractivity contribution in [3.05, 3.63) is 47.1 Å². The molecule has 2 heterocycles. The normalized spacial score (nSPS) is 11.1. The Morgan fingerprint density at radius 2 is 2.12 bits per heavy atom. The van der Waals surface area contributed by atoms with E-state index >= 15 is 0 Å². The van der Waals surface area contributed by atoms with Crippen LogP contribution >= 0.6 is 11.6 Å². The lowest BCUT2D eigenvalue weighted by atomic mass is 10.2. The zero-order valence-corrected chi connectivity index (χ0v) is 15.8. The Kier molecular flexibility index (Phi) is 5.54. The number of aryl methyl sites for hydroxylation is 1. The van der Waals surface area contributed by atoms with Gasteiger partial charge >= 0.3 is 0 Å². The number of ether oxygens (including phenoxy) is 1. The molecule has 26 heavy (non-hydrogen) atoms. The molecular weight excluding hydrogens is 352 g/mol. The van der Waals surface area contributed by atoms with Crippen LogP contribution in [0, 0.1) is 0 Å². The van der Waals surface area contributed by atoms with Crippen LogP contribution in [0.25, 0.3) is 22.6 Å². The standard InChI is InChI=1S/C19H21ClN4O2/c1-4-24(9-10-26-3)19(25)13-11-16-18(21-12-13)23(2)17(22-16)14-7-5-6-8-15(14)20/h5-8,11-12H,4,9-10H2,1-3H3. The van der Waals surface area contributed by atoms with Gasteiger partial charge in [-0.3, -0.25) is 4.79 Å². The third-order valence-electron chi connectivity index (χ3n) is 4.30. The van der Waals surface area contributed by atoms with Crippen LogP contribution in [0.1, 0.15) is 17.3 Å². The van der Waals surface area contributed by atoms with Crippen molar-refractivity contribution in [2.75, 3.05) is 26.8 Å². The van der Waals surface area contributed by atoms with E-state index in [1.165, 1.54) is 0 Å². The third kappa shape index (κ3) is 3.43. The van der Waals surface area contributed by atoms with Crippen LogP contribution in [-0.4, -0.2) is 52.1 Å². The molecule has 0 aliphatic heterocycles. The molecule has 3 rings (SSSR count). The van der Waals surface area contributed by atoms with Crippen molar-refractivity contribution < 1.29 is 9.53 Å². The number of hydrogen-bond donors (Lipinski definition) is 0. The molecule has 136 valence electrons. The zero-order valence-electron chi connectivity index (χ0n) is 15.1. The fourth-order valence-electron chi connectivity index (χ4n) is 2.86. The molecule has 1 aromatic carbocycles. The first kappa shape index (κ1) is 18.4. The monoisotopic (exact) mass is 372 g/mol. The second-order valence-electron chi connectivity index (χ2n) is 5.92. The summed E-state index contributed by atoms with van der Waals surface area (Å²) in [7, 11) is 3.51. The predicted octanol–water partition coefficient (Wildman–Crippen LogP) is 3.40. The van der Waals surface area contributed by atoms with Gasteiger partial charge in [0.2, 0.25) is 0 Å². The first-order valence-corrected chi connectivity index (χ1v) is 8.80. The molecule has 0 atom stereocenters. The number of carbonyl (C=O) groups is 1. The highest BCUT2D eigenvalue weighted by Gasteiger charge is 2.18. The lowest BCUT2D eigenvalue weighted by Crippen LogP contribution is -2.33. The summed E-state index contributed by atoms with van der Waals surface area (Å²) in [6.07, 6.45) is 1.60. The summed E-state index contributed by atoms with van der Waals surface area (Å²) in [5.41, 5.74) is 2.71. The Bertz CT molecular complexity index is 938. The van der Waals surface area contributed by atoms with Crippen LogP contribution in [-0.2, 0) is 11.8 Å². The molecule has 0 saturated carbocycles. The van der Waals surface area contributed by atoms with Gasteiger partial charge in [-0.15, -0.1) is 0 Å². The van der Waals surface area contributed by atoms with Crippen molar-refractivity contribution in [1.29, 1.82) is 0 Å². The minimum atomic E-state index is -0.0797. The molecule has 7 heteroatoms. The maximum Gasteiger partial charge on any atom is 0.255 e. The number of pyridine rings is 1. The summed E-state index contributed by atoms with van der Waals surface area (Å²) in [6, 6.07) is 9.31. The first-order chi connectivity index (χ1) is 12.6. The molecule has 3 aromatic rings. The number of nitrogens with zero attached hydrogens (tertiary/aromatic N) is 4. The van der Waals surface area contributed by atoms with Crippen molar-refractivity contribution in [3.63, 3.8) is 0 Å². The van der Waals surface area contributed by atoms with Gasteiger partial charge in [0, 0.05) is 39.0 Å². The Balaban J connectivity index is 1.99. The lowest BCUT2D eigenvalue weighted by molar-refractivity contribution is 0.0706. The molecule has 6 nitrogen and oxygen atoms in total. The average molecular weight is 373 g/mol. The van der Waals surface area contributed by atoms with Crippen LogP contribution in [0.4, 0.5) is 0 Å². The van der Waals surface area contributed by atoms with E-state index in [0.717, 1.165) is 11.4 Å². The number of benzene rings is 1. The highest BCUT2D eigenvalue weighted by Crippen LogP contribution is 2.29. The molecule has 0 N–H and O–H groups in total. The van der Waals surface area contributed by atoms with E-state index in [9.17, 15) is 4.79 Å². The third-order valence-corrected chi connectivity index (χ3v) is 4.63. The summed E-state index contributed by atoms with van der Waals surface area (Å²) in [4.78, 5) is 23.5. The quantitative estimate of drug-likeness (QED) is 0.665. The van der Waals surface area contributed by atoms with E-state index in [-0.39, 0.29) is 5.91 Å². The Labute approximate surface area is 157 Å². The van der Waals surface area contributed by atoms with Crippen molar-refractivity contribution in [2.45, 2.75) is 6.92 Å². The van der Waals surface area contributed by atoms with E-state index in [2.05, 4.69) is 9.97 Å². The molecule has 0 saturated heterocycles. The first-order valence-electron chi connectivity index (χ1n) is 8.42. The van der Waals surface area contributed by atoms with Gasteiger partial charge in [-0.1, -0.05) is 23.7 Å². The maximum absolute atomic E-state index is 12.7. The molecule has 1 amide bonds. The Morgan fingerprint density at radius 1 is 1.35 bits per heavy atom. The molecule has 0 aliphatic carbocycles. The topological polar surface area (TPSA) is 60.2 Å². The number of methoxy groups -OCH3 is 1. The molecule has 0 aliphatic rings. The van der Waals surface area contributed by atoms with Crippen molar-refractivity contribution in [3.8, 4) is 11.4 Å². The number of carbonyl (C=O) groups excluding carboxylic acids is 1. The van der Waals surface area contributed by atoms with Gasteiger partial charge in [-0.25, -0.2) is 9.97 Å². The van der Waals surface area contributed by atoms with Gasteiger partial charge in [0.05, 0.1) is 17.2 Å². The fraction of sp³-hybridized carbons (Fsp3) is 0.316. The van der Waals surface area contributed by atoms with Crippen LogP contribution in [0.15, 0.2) is 36.5 Å². The summed E-state index contributed by atoms with van der Waals surface area (Å²) in [6.45, 7) is 3.58. The summed E-state index contributed by atoms with van der Waals surface area (Å²) in [5, 5.41) is 0.624. The second kappa shape index (κ2) is 7.85. The number of likely N-dealkylation sites (N-methyl/N-ethyl adjacent to an activating group) is 1. The number of halogens is 1. The van der Waals surface area contributed by atoms with Gasteiger partial charge in [-0.2, -0.15) is 0 Å². The second-order valence-corrected chi connectivity index (χ2v) is 6.33. The van der Waals surface area contributed by atoms with Crippen molar-refractivity contribution in [2.24, 2.45) is 7.05 Å². The Morgan fingerprint density at radius 3 is 2.81 bits per heavy atom. The van der Waals surface area contributed by atoms with E-state index in [0.29, 0.717) is 41.4 Å². The molecule has 0 radical (unpaired) electrons. The highest BCUT2D eigenvalue weighted by atomic mass is 35.5. The van der Waals surface area contributed by atoms with Gasteiger partial charge in [0.15, 0.2) is 5.65 Å². The SMILES string of the molecule is CCN(CCOC)C(=O)c1cnc2c(c1)nc(-c1ccccc1Cl)n2C. The molecular formula is C19H21ClN4O2. The van der Waals surface area contributed by atoms with Gasteiger partial charge < -0.3 is 14.2 Å². The zero-order chi connectivity index (χ0) is 18.7. The largest absolute Gasteiger partial charge is 0.383 e. The van der Waals surface area contributed by atoms with E-state index < -0.39 is 0 Å². The molecule has 0 bridgehead atoms. The number of rotatable bonds is 6. The lowest BCUT2D eigenvalue weighted by Gasteiger charge is -2.20. The number of fused-ring (bicyclic) bond motifs is 1. The minimum Gasteiger partial charge on any atom is -0.383 e. The van der Waals surface area contributed by atoms with Crippen molar-refractivity contribution in [1.82, 2.24) is 19.4 Å². The minimum absolute atomic E-state index is 0.0797. The number of amides is 1. The number of imidazole rings is 1. The average Bonchev–Trinajstić information content (AvgIpc) is 2.98. The van der Waals surface area contributed by atoms with Gasteiger partial charge in [0.25, 0.3) is 5.91 Å². The van der Waals surface area contributed by atoms with Gasteiger partial charge in [0.1, 0.15) is 11.3 Å². The van der Waals surface area contributed by atoms with Crippen LogP contribution in [0.5, 0.6) is 0 Å². The van der Waals surface area contributed by atoms with Gasteiger partial charge in [-0.05, 0) is 25.1 Å². The summed E-state index contributed by atoms with van der Waals surface area (Å²) >= 11 is 6.30. The van der Waals surface area contributed by atoms with E-state index in [4.69, 9.17) is 16.3 Å². The molecule has 0 fully saturated rings. The van der Waals surface area contributed by atoms with Crippen LogP contribution in [0.3, 0.4) is 0 Å². The van der Waals surface area contributed by atoms with Crippen molar-refractivity contribution >= 4 is 28.7 Å². The van der Waals surface area contributed by atoms with E-state index in [1.807, 2.05) is 42.8 Å². The number of hydrogen-bond acceptors (Lipinski definition) is 4. The predicted molar refractivity (Wildman–Crippen MR) is 102 cm³/mol. The maximum atomic E-state index is 12.7. The van der Waals surface area contributed by atoms with E-state index in [1.54, 1.807) is 24.3 Å². The highest BCUT2D eigenvalue weighted by molar-refractivity contribution is 6.33. The van der Waals surface area contributed by atoms with Crippen LogP contribution < -0.4 is 0 Å². The smallest absolute Gasteiger partial charge is 0.255 e. The summed E-state index contributed by atoms with van der Waals surface area (Å²) < 4.78 is 6.95. The molecule has 2 aromatic heterocycles. The number of aromatic nitrogens is 3. The van der Waals surface area contributed by atoms with Crippen LogP contribution in [0.2, 0.25) is 5.02 Å². The molecule has 0 spiro atoms. The fourth-order valence-corrected chi connectivity index (χ4v) is 3.08.